The normalized spacial score (nSPS) is 10.7. The van der Waals surface area contributed by atoms with Crippen molar-refractivity contribution < 1.29 is 19.1 Å². The lowest BCUT2D eigenvalue weighted by Gasteiger charge is -2.11. The maximum Gasteiger partial charge on any atom is 0.343 e. The molecule has 6 rings (SSSR count). The number of fused-ring (bicyclic) bond motifs is 2. The number of halogens is 4. The van der Waals surface area contributed by atoms with Crippen molar-refractivity contribution in [3.05, 3.63) is 137 Å². The summed E-state index contributed by atoms with van der Waals surface area (Å²) in [5.41, 5.74) is 4.00. The molecule has 0 aliphatic carbocycles. The number of carbonyl (C=O) groups excluding carboxylic acids is 2. The first-order chi connectivity index (χ1) is 21.1. The zero-order valence-corrected chi connectivity index (χ0v) is 29.6. The van der Waals surface area contributed by atoms with Crippen LogP contribution in [0.3, 0.4) is 0 Å². The van der Waals surface area contributed by atoms with E-state index >= 15 is 0 Å². The van der Waals surface area contributed by atoms with Gasteiger partial charge in [0.25, 0.3) is 0 Å². The Labute approximate surface area is 287 Å². The highest BCUT2D eigenvalue weighted by Gasteiger charge is 2.18. The fourth-order valence-electron chi connectivity index (χ4n) is 4.23. The second-order valence-corrected chi connectivity index (χ2v) is 13.0. The van der Waals surface area contributed by atoms with Crippen molar-refractivity contribution in [2.75, 3.05) is 0 Å². The molecule has 4 aromatic carbocycles. The molecular weight excluding hydrogens is 820 g/mol. The average Bonchev–Trinajstić information content (AvgIpc) is 3.02. The number of nitrogens with zero attached hydrogens (tertiary/aromatic N) is 2. The van der Waals surface area contributed by atoms with Gasteiger partial charge in [-0.15, -0.1) is 0 Å². The van der Waals surface area contributed by atoms with E-state index in [1.165, 1.54) is 0 Å². The van der Waals surface area contributed by atoms with Crippen LogP contribution in [0.1, 0.15) is 32.1 Å². The van der Waals surface area contributed by atoms with Gasteiger partial charge in [-0.3, -0.25) is 0 Å². The lowest BCUT2D eigenvalue weighted by atomic mass is 10.2. The Morgan fingerprint density at radius 2 is 0.886 bits per heavy atom. The maximum atomic E-state index is 12.3. The molecule has 0 spiro atoms. The number of carbonyl (C=O) groups is 2. The fraction of sp³-hybridized carbons (Fsp3) is 0.0588. The molecule has 44 heavy (non-hydrogen) atoms. The summed E-state index contributed by atoms with van der Waals surface area (Å²) >= 11 is 13.9. The molecule has 0 amide bonds. The van der Waals surface area contributed by atoms with Crippen LogP contribution in [0.25, 0.3) is 21.8 Å². The van der Waals surface area contributed by atoms with Crippen molar-refractivity contribution in [2.45, 2.75) is 13.8 Å². The van der Waals surface area contributed by atoms with Crippen LogP contribution in [0.15, 0.2) is 115 Å². The molecule has 2 heterocycles. The third kappa shape index (κ3) is 7.26. The van der Waals surface area contributed by atoms with E-state index in [-0.39, 0.29) is 0 Å². The molecule has 220 valence electrons. The number of benzene rings is 4. The Kier molecular flexibility index (Phi) is 10.3. The Balaban J connectivity index is 0.000000175. The van der Waals surface area contributed by atoms with E-state index in [1.54, 1.807) is 48.5 Å². The number of aromatic nitrogens is 2. The van der Waals surface area contributed by atoms with Crippen LogP contribution in [0.5, 0.6) is 11.5 Å². The van der Waals surface area contributed by atoms with E-state index in [1.807, 2.05) is 62.4 Å². The van der Waals surface area contributed by atoms with E-state index in [0.717, 1.165) is 31.1 Å². The lowest BCUT2D eigenvalue weighted by molar-refractivity contribution is 0.0726. The molecule has 0 saturated heterocycles. The van der Waals surface area contributed by atoms with Gasteiger partial charge in [0.05, 0.1) is 20.1 Å². The molecule has 0 radical (unpaired) electrons. The SMILES string of the molecule is Cc1ccc2c(Br)cc(Br)c(OC(=O)c3ccccc3)c2n1.Cc1ccc2c(Br)cc(Br)c(OC(=O)c3ccccc3)c2n1. The molecule has 0 fully saturated rings. The summed E-state index contributed by atoms with van der Waals surface area (Å²) < 4.78 is 14.3. The summed E-state index contributed by atoms with van der Waals surface area (Å²) in [5.74, 6) is 0.0352. The van der Waals surface area contributed by atoms with Crippen molar-refractivity contribution in [1.29, 1.82) is 0 Å². The van der Waals surface area contributed by atoms with Crippen LogP contribution in [-0.2, 0) is 0 Å². The van der Waals surface area contributed by atoms with Gasteiger partial charge in [-0.2, -0.15) is 0 Å². The van der Waals surface area contributed by atoms with Gasteiger partial charge in [-0.1, -0.05) is 68.3 Å². The highest BCUT2D eigenvalue weighted by atomic mass is 79.9. The van der Waals surface area contributed by atoms with Crippen molar-refractivity contribution >= 4 is 97.5 Å². The summed E-state index contributed by atoms with van der Waals surface area (Å²) in [7, 11) is 0. The van der Waals surface area contributed by atoms with Gasteiger partial charge in [0, 0.05) is 31.1 Å². The Bertz CT molecular complexity index is 1870. The van der Waals surface area contributed by atoms with E-state index in [0.29, 0.717) is 42.6 Å². The number of aryl methyl sites for hydroxylation is 2. The van der Waals surface area contributed by atoms with Crippen molar-refractivity contribution in [3.8, 4) is 11.5 Å². The van der Waals surface area contributed by atoms with Crippen LogP contribution in [-0.4, -0.2) is 21.9 Å². The number of hydrogen-bond acceptors (Lipinski definition) is 6. The van der Waals surface area contributed by atoms with Crippen LogP contribution >= 0.6 is 63.7 Å². The number of pyridine rings is 2. The molecule has 0 aliphatic heterocycles. The molecule has 6 nitrogen and oxygen atoms in total. The van der Waals surface area contributed by atoms with E-state index in [2.05, 4.69) is 73.7 Å². The fourth-order valence-corrected chi connectivity index (χ4v) is 6.93. The predicted octanol–water partition coefficient (Wildman–Crippen LogP) is 10.6. The molecule has 0 saturated carbocycles. The van der Waals surface area contributed by atoms with Gasteiger partial charge < -0.3 is 9.47 Å². The second kappa shape index (κ2) is 14.1. The predicted molar refractivity (Wildman–Crippen MR) is 187 cm³/mol. The third-order valence-electron chi connectivity index (χ3n) is 6.36. The number of esters is 2. The highest BCUT2D eigenvalue weighted by molar-refractivity contribution is 9.11. The van der Waals surface area contributed by atoms with E-state index < -0.39 is 11.9 Å². The molecule has 0 aliphatic rings. The summed E-state index contributed by atoms with van der Waals surface area (Å²) in [4.78, 5) is 33.6. The maximum absolute atomic E-state index is 12.3. The minimum Gasteiger partial charge on any atom is -0.419 e. The third-order valence-corrected chi connectivity index (χ3v) is 8.85. The minimum atomic E-state index is -0.409. The zero-order chi connectivity index (χ0) is 31.4. The topological polar surface area (TPSA) is 78.4 Å². The summed E-state index contributed by atoms with van der Waals surface area (Å²) in [5, 5.41) is 1.79. The quantitative estimate of drug-likeness (QED) is 0.130. The second-order valence-electron chi connectivity index (χ2n) is 9.55. The Morgan fingerprint density at radius 3 is 1.25 bits per heavy atom. The molecule has 0 bridgehead atoms. The van der Waals surface area contributed by atoms with Crippen molar-refractivity contribution in [2.24, 2.45) is 0 Å². The number of hydrogen-bond donors (Lipinski definition) is 0. The van der Waals surface area contributed by atoms with Gasteiger partial charge in [-0.25, -0.2) is 19.6 Å². The van der Waals surface area contributed by atoms with Gasteiger partial charge in [-0.05, 0) is 106 Å². The smallest absolute Gasteiger partial charge is 0.343 e. The minimum absolute atomic E-state index is 0.409. The molecule has 6 aromatic rings. The van der Waals surface area contributed by atoms with Crippen LogP contribution < -0.4 is 9.47 Å². The van der Waals surface area contributed by atoms with Gasteiger partial charge >= 0.3 is 11.9 Å². The van der Waals surface area contributed by atoms with Crippen molar-refractivity contribution in [1.82, 2.24) is 9.97 Å². The van der Waals surface area contributed by atoms with E-state index in [4.69, 9.17) is 9.47 Å². The van der Waals surface area contributed by atoms with E-state index in [9.17, 15) is 9.59 Å². The van der Waals surface area contributed by atoms with Gasteiger partial charge in [0.2, 0.25) is 0 Å². The first-order valence-corrected chi connectivity index (χ1v) is 16.3. The number of ether oxygens (including phenoxy) is 2. The lowest BCUT2D eigenvalue weighted by Crippen LogP contribution is -2.09. The van der Waals surface area contributed by atoms with Crippen LogP contribution in [0.2, 0.25) is 0 Å². The Morgan fingerprint density at radius 1 is 0.523 bits per heavy atom. The number of rotatable bonds is 4. The first-order valence-electron chi connectivity index (χ1n) is 13.2. The monoisotopic (exact) mass is 838 g/mol. The van der Waals surface area contributed by atoms with Crippen molar-refractivity contribution in [3.63, 3.8) is 0 Å². The zero-order valence-electron chi connectivity index (χ0n) is 23.3. The summed E-state index contributed by atoms with van der Waals surface area (Å²) in [6.07, 6.45) is 0. The Hall–Kier alpha value is -3.44. The molecule has 0 N–H and O–H groups in total. The first kappa shape index (κ1) is 32.0. The largest absolute Gasteiger partial charge is 0.419 e. The van der Waals surface area contributed by atoms with Crippen LogP contribution in [0, 0.1) is 13.8 Å². The van der Waals surface area contributed by atoms with Gasteiger partial charge in [0.1, 0.15) is 11.0 Å². The molecule has 0 unspecified atom stereocenters. The molecule has 10 heteroatoms. The highest BCUT2D eigenvalue weighted by Crippen LogP contribution is 2.39. The average molecular weight is 842 g/mol. The van der Waals surface area contributed by atoms with Crippen LogP contribution in [0.4, 0.5) is 0 Å². The summed E-state index contributed by atoms with van der Waals surface area (Å²) in [6.45, 7) is 3.80. The standard InChI is InChI=1S/2C17H11Br2NO2/c2*1-10-7-8-12-13(18)9-14(19)16(15(12)20-10)22-17(21)11-5-3-2-4-6-11/h2*2-9H,1H3. The molecular formula is C34H22Br4N2O4. The summed E-state index contributed by atoms with van der Waals surface area (Å²) in [6, 6.07) is 29.2. The molecule has 0 atom stereocenters. The molecule has 2 aromatic heterocycles. The van der Waals surface area contributed by atoms with Gasteiger partial charge in [0.15, 0.2) is 11.5 Å².